The van der Waals surface area contributed by atoms with Crippen molar-refractivity contribution < 1.29 is 76.7 Å². The number of carbonyl (C=O) groups excluding carboxylic acids is 5. The molecule has 16 nitrogen and oxygen atoms in total. The molecule has 6 fully saturated rings. The summed E-state index contributed by atoms with van der Waals surface area (Å²) in [5.74, 6) is 30.9. The standard InChI is InChI=1S/C104H128O16/c1-5-9-11-17-78-35-43-88(44-36-78)90-61-67-103(68-62-90,118-102(109)94-51-57-96(58-52-94)117-101(108)93-49-55-95(56-50-93)114-77-110-71-13-14-72-111-98(105)7-3)65-59-84-31-27-82(28-32-84)25-23-80-19-21-81(22-20-80)24-26-83-29-33-85(34-30-83)60-66-104(69-63-91(64-70-104)89-45-37-79(38-46-89)18-12-10-6-2)120-116-76-87-41-53-97(54-42-87)119-115-75-86-39-47-92(48-40-86)100(107)113-74-16-15-73-112-99(106)8-4/h7-8,19-22,27-34,41-42,51-54,57-58,78-79,86,88-93,95H,3-6,9-18,35-40,43-50,55-56,61-64,67-77H2,1-2H3. The molecule has 6 aliphatic carbocycles. The second-order valence-electron chi connectivity index (χ2n) is 34.3. The molecule has 11 rings (SSSR count). The highest BCUT2D eigenvalue weighted by molar-refractivity contribution is 5.90. The Kier molecular flexibility index (Phi) is 37.8. The smallest absolute Gasteiger partial charge is 0.339 e. The molecule has 0 radical (unpaired) electrons. The van der Waals surface area contributed by atoms with Gasteiger partial charge in [-0.1, -0.05) is 158 Å². The van der Waals surface area contributed by atoms with Gasteiger partial charge in [-0.15, -0.1) is 0 Å². The summed E-state index contributed by atoms with van der Waals surface area (Å²) in [7, 11) is 0. The summed E-state index contributed by atoms with van der Waals surface area (Å²) in [6.45, 7) is 13.6. The van der Waals surface area contributed by atoms with E-state index in [9.17, 15) is 24.0 Å². The Hall–Kier alpha value is -9.23. The number of rotatable bonds is 38. The van der Waals surface area contributed by atoms with E-state index in [-0.39, 0.29) is 55.8 Å². The fraction of sp³-hybridized carbons (Fsp3) is 0.548. The van der Waals surface area contributed by atoms with Crippen molar-refractivity contribution in [2.75, 3.05) is 39.8 Å². The molecule has 16 heteroatoms. The monoisotopic (exact) mass is 1630 g/mol. The van der Waals surface area contributed by atoms with Crippen LogP contribution in [-0.2, 0) is 68.9 Å². The van der Waals surface area contributed by atoms with E-state index in [0.29, 0.717) is 106 Å². The minimum Gasteiger partial charge on any atom is -0.465 e. The van der Waals surface area contributed by atoms with Crippen LogP contribution in [0, 0.1) is 101 Å². The third kappa shape index (κ3) is 30.7. The summed E-state index contributed by atoms with van der Waals surface area (Å²) >= 11 is 0. The number of benzene rings is 5. The molecule has 0 spiro atoms. The van der Waals surface area contributed by atoms with E-state index in [4.69, 9.17) is 52.7 Å². The van der Waals surface area contributed by atoms with Gasteiger partial charge in [0.15, 0.2) is 17.0 Å². The molecule has 640 valence electrons. The summed E-state index contributed by atoms with van der Waals surface area (Å²) in [6.07, 6.45) is 39.1. The lowest BCUT2D eigenvalue weighted by atomic mass is 9.67. The Morgan fingerprint density at radius 3 is 1.31 bits per heavy atom. The first-order valence-corrected chi connectivity index (χ1v) is 45.3. The van der Waals surface area contributed by atoms with E-state index in [1.807, 2.05) is 97.1 Å². The first kappa shape index (κ1) is 91.5. The van der Waals surface area contributed by atoms with Crippen molar-refractivity contribution in [2.24, 2.45) is 53.3 Å². The lowest BCUT2D eigenvalue weighted by molar-refractivity contribution is -0.360. The third-order valence-electron chi connectivity index (χ3n) is 25.7. The number of esters is 5. The normalized spacial score (nSPS) is 23.9. The molecule has 0 heterocycles. The summed E-state index contributed by atoms with van der Waals surface area (Å²) in [5, 5.41) is 0. The van der Waals surface area contributed by atoms with Gasteiger partial charge in [-0.2, -0.15) is 4.89 Å². The predicted octanol–water partition coefficient (Wildman–Crippen LogP) is 22.0. The Morgan fingerprint density at radius 1 is 0.408 bits per heavy atom. The number of ether oxygens (including phenoxy) is 7. The zero-order valence-corrected chi connectivity index (χ0v) is 71.3. The van der Waals surface area contributed by atoms with Gasteiger partial charge in [0.1, 0.15) is 19.1 Å². The van der Waals surface area contributed by atoms with E-state index in [0.717, 1.165) is 152 Å². The quantitative estimate of drug-likeness (QED) is 0.00417. The van der Waals surface area contributed by atoms with Gasteiger partial charge >= 0.3 is 29.8 Å². The van der Waals surface area contributed by atoms with Crippen LogP contribution in [0.15, 0.2) is 147 Å². The van der Waals surface area contributed by atoms with Crippen LogP contribution < -0.4 is 9.62 Å². The summed E-state index contributed by atoms with van der Waals surface area (Å²) in [5.41, 5.74) is 4.82. The zero-order valence-electron chi connectivity index (χ0n) is 71.3. The molecule has 0 bridgehead atoms. The first-order chi connectivity index (χ1) is 58.7. The summed E-state index contributed by atoms with van der Waals surface area (Å²) in [4.78, 5) is 86.6. The number of hydrogen-bond acceptors (Lipinski definition) is 16. The highest BCUT2D eigenvalue weighted by Crippen LogP contribution is 2.47. The minimum absolute atomic E-state index is 0.00360. The second-order valence-corrected chi connectivity index (χ2v) is 34.3. The van der Waals surface area contributed by atoms with E-state index >= 15 is 0 Å². The summed E-state index contributed by atoms with van der Waals surface area (Å²) in [6, 6.07) is 38.4. The highest BCUT2D eigenvalue weighted by atomic mass is 17.2. The van der Waals surface area contributed by atoms with Crippen LogP contribution in [0.4, 0.5) is 0 Å². The van der Waals surface area contributed by atoms with Crippen molar-refractivity contribution >= 4 is 29.8 Å². The summed E-state index contributed by atoms with van der Waals surface area (Å²) < 4.78 is 39.4. The molecule has 6 saturated carbocycles. The number of hydrogen-bond donors (Lipinski definition) is 0. The minimum atomic E-state index is -0.954. The fourth-order valence-electron chi connectivity index (χ4n) is 18.1. The van der Waals surface area contributed by atoms with Crippen LogP contribution in [0.5, 0.6) is 11.5 Å². The number of unbranched alkanes of at least 4 members (excludes halogenated alkanes) is 6. The molecule has 0 atom stereocenters. The molecule has 120 heavy (non-hydrogen) atoms. The second kappa shape index (κ2) is 49.6. The first-order valence-electron chi connectivity index (χ1n) is 45.3. The zero-order chi connectivity index (χ0) is 83.8. The van der Waals surface area contributed by atoms with Gasteiger partial charge < -0.3 is 38.0 Å². The Balaban J connectivity index is 0.647. The topological polar surface area (TPSA) is 187 Å². The Bertz CT molecular complexity index is 4260. The molecular weight excluding hydrogens is 1510 g/mol. The van der Waals surface area contributed by atoms with Crippen molar-refractivity contribution in [1.82, 2.24) is 0 Å². The van der Waals surface area contributed by atoms with Crippen molar-refractivity contribution in [3.63, 3.8) is 0 Å². The van der Waals surface area contributed by atoms with Crippen molar-refractivity contribution in [2.45, 2.75) is 269 Å². The van der Waals surface area contributed by atoms with Crippen molar-refractivity contribution in [3.8, 4) is 58.9 Å². The van der Waals surface area contributed by atoms with E-state index < -0.39 is 29.1 Å². The van der Waals surface area contributed by atoms with Gasteiger partial charge in [0.25, 0.3) is 0 Å². The molecular formula is C104H128O16. The van der Waals surface area contributed by atoms with Crippen molar-refractivity contribution in [1.29, 1.82) is 0 Å². The molecule has 5 aromatic carbocycles. The van der Waals surface area contributed by atoms with Crippen LogP contribution in [0.2, 0.25) is 0 Å². The van der Waals surface area contributed by atoms with E-state index in [1.54, 1.807) is 24.3 Å². The third-order valence-corrected chi connectivity index (χ3v) is 25.7. The molecule has 0 amide bonds. The predicted molar refractivity (Wildman–Crippen MR) is 465 cm³/mol. The van der Waals surface area contributed by atoms with Crippen molar-refractivity contribution in [3.05, 3.63) is 191 Å². The molecule has 0 aromatic heterocycles. The van der Waals surface area contributed by atoms with Gasteiger partial charge in [-0.05, 0) is 316 Å². The van der Waals surface area contributed by atoms with Crippen LogP contribution in [0.25, 0.3) is 0 Å². The fourth-order valence-corrected chi connectivity index (χ4v) is 18.1. The van der Waals surface area contributed by atoms with Crippen LogP contribution in [0.1, 0.15) is 294 Å². The molecule has 5 aromatic rings. The maximum absolute atomic E-state index is 14.2. The Morgan fingerprint density at radius 2 is 0.825 bits per heavy atom. The lowest BCUT2D eigenvalue weighted by Crippen LogP contribution is -2.39. The maximum atomic E-state index is 14.2. The molecule has 0 saturated heterocycles. The molecule has 0 N–H and O–H groups in total. The maximum Gasteiger partial charge on any atom is 0.339 e. The largest absolute Gasteiger partial charge is 0.465 e. The van der Waals surface area contributed by atoms with Gasteiger partial charge in [-0.3, -0.25) is 9.59 Å². The van der Waals surface area contributed by atoms with Crippen LogP contribution in [-0.4, -0.2) is 87.0 Å². The molecule has 0 aliphatic heterocycles. The van der Waals surface area contributed by atoms with Gasteiger partial charge in [0, 0.05) is 52.1 Å². The number of carbonyl (C=O) groups is 5. The Labute approximate surface area is 714 Å². The van der Waals surface area contributed by atoms with Crippen LogP contribution in [0.3, 0.4) is 0 Å². The van der Waals surface area contributed by atoms with Gasteiger partial charge in [0.2, 0.25) is 0 Å². The van der Waals surface area contributed by atoms with E-state index in [2.05, 4.69) is 74.4 Å². The van der Waals surface area contributed by atoms with E-state index in [1.165, 1.54) is 103 Å². The molecule has 6 aliphatic rings. The average Bonchev–Trinajstić information content (AvgIpc) is 0.804. The van der Waals surface area contributed by atoms with Crippen LogP contribution >= 0.6 is 0 Å². The lowest BCUT2D eigenvalue weighted by Gasteiger charge is -2.41. The highest BCUT2D eigenvalue weighted by Gasteiger charge is 2.43. The molecule has 0 unspecified atom stereocenters. The SMILES string of the molecule is C=CC(=O)OCCCCOCOC1CCC(C(=O)Oc2ccc(C(=O)OC3(C#Cc4ccc(C#Cc5ccc(C#Cc6ccc(C#CC7(OOCc8ccc(OOCC9CCC(C(=O)OCCCCOC(=O)C=C)CC9)cc8)CCC(C8CCC(CCCCC)CC8)CC7)cc6)cc5)cc4)CCC(C4CCC(CCCCC)CC4)CC3)cc2)CC1. The average molecular weight is 1630 g/mol. The van der Waals surface area contributed by atoms with Gasteiger partial charge in [-0.25, -0.2) is 24.2 Å². The van der Waals surface area contributed by atoms with Gasteiger partial charge in [0.05, 0.1) is 49.9 Å².